The Morgan fingerprint density at radius 2 is 2.24 bits per heavy atom. The van der Waals surface area contributed by atoms with Crippen LogP contribution in [-0.4, -0.2) is 28.5 Å². The lowest BCUT2D eigenvalue weighted by Crippen LogP contribution is -2.39. The second-order valence-electron chi connectivity index (χ2n) is 4.81. The first kappa shape index (κ1) is 12.6. The fourth-order valence-corrected chi connectivity index (χ4v) is 2.63. The zero-order chi connectivity index (χ0) is 12.3. The van der Waals surface area contributed by atoms with Gasteiger partial charge in [0.05, 0.1) is 0 Å². The molecule has 0 spiro atoms. The minimum absolute atomic E-state index is 0.0701. The minimum atomic E-state index is -0.178. The second kappa shape index (κ2) is 5.23. The maximum absolute atomic E-state index is 11.7. The van der Waals surface area contributed by atoms with Gasteiger partial charge in [0.25, 0.3) is 0 Å². The topological polar surface area (TPSA) is 44.1 Å². The number of nitrogens with zero attached hydrogens (tertiary/aromatic N) is 2. The molecule has 0 aliphatic carbocycles. The van der Waals surface area contributed by atoms with Gasteiger partial charge in [-0.3, -0.25) is 4.57 Å². The number of aryl methyl sites for hydroxylation is 1. The highest BCUT2D eigenvalue weighted by Gasteiger charge is 2.32. The van der Waals surface area contributed by atoms with E-state index in [9.17, 15) is 4.79 Å². The zero-order valence-electron chi connectivity index (χ0n) is 10.1. The highest BCUT2D eigenvalue weighted by molar-refractivity contribution is 7.80. The molecule has 94 valence electrons. The van der Waals surface area contributed by atoms with Gasteiger partial charge in [0.1, 0.15) is 0 Å². The van der Waals surface area contributed by atoms with E-state index in [0.717, 1.165) is 37.4 Å². The number of hydrogen-bond donors (Lipinski definition) is 1. The first-order valence-corrected chi connectivity index (χ1v) is 6.50. The first-order chi connectivity index (χ1) is 8.15. The molecule has 0 unspecified atom stereocenters. The van der Waals surface area contributed by atoms with Gasteiger partial charge in [0.2, 0.25) is 0 Å². The van der Waals surface area contributed by atoms with Crippen molar-refractivity contribution in [3.63, 3.8) is 0 Å². The predicted octanol–water partition coefficient (Wildman–Crippen LogP) is 1.28. The van der Waals surface area contributed by atoms with Crippen molar-refractivity contribution in [2.45, 2.75) is 26.3 Å². The van der Waals surface area contributed by atoms with Crippen LogP contribution in [0.25, 0.3) is 0 Å². The van der Waals surface area contributed by atoms with E-state index in [1.165, 1.54) is 0 Å². The number of aromatic nitrogens is 2. The molecule has 2 rings (SSSR count). The van der Waals surface area contributed by atoms with Crippen molar-refractivity contribution in [1.29, 1.82) is 0 Å². The molecule has 0 atom stereocenters. The van der Waals surface area contributed by atoms with Crippen molar-refractivity contribution < 1.29 is 4.74 Å². The Balaban J connectivity index is 2.23. The summed E-state index contributed by atoms with van der Waals surface area (Å²) in [5, 5.41) is 0. The van der Waals surface area contributed by atoms with Crippen LogP contribution in [0, 0.1) is 12.3 Å². The van der Waals surface area contributed by atoms with Crippen LogP contribution in [0.5, 0.6) is 0 Å². The van der Waals surface area contributed by atoms with E-state index in [2.05, 4.69) is 17.6 Å². The third kappa shape index (κ3) is 2.90. The third-order valence-corrected chi connectivity index (χ3v) is 4.05. The molecule has 4 nitrogen and oxygen atoms in total. The molecule has 0 N–H and O–H groups in total. The zero-order valence-corrected chi connectivity index (χ0v) is 10.9. The van der Waals surface area contributed by atoms with E-state index in [1.807, 2.05) is 13.1 Å². The molecule has 17 heavy (non-hydrogen) atoms. The van der Waals surface area contributed by atoms with E-state index >= 15 is 0 Å². The molecular formula is C12H18N2O2S. The van der Waals surface area contributed by atoms with Crippen LogP contribution in [0.2, 0.25) is 0 Å². The van der Waals surface area contributed by atoms with E-state index < -0.39 is 0 Å². The van der Waals surface area contributed by atoms with Crippen molar-refractivity contribution in [3.05, 3.63) is 28.4 Å². The van der Waals surface area contributed by atoms with Crippen molar-refractivity contribution >= 4 is 12.6 Å². The molecule has 1 saturated heterocycles. The monoisotopic (exact) mass is 254 g/mol. The molecule has 0 bridgehead atoms. The second-order valence-corrected chi connectivity index (χ2v) is 5.13. The van der Waals surface area contributed by atoms with Gasteiger partial charge in [-0.15, -0.1) is 0 Å². The predicted molar refractivity (Wildman–Crippen MR) is 69.6 cm³/mol. The lowest BCUT2D eigenvalue weighted by molar-refractivity contribution is 0.0175. The summed E-state index contributed by atoms with van der Waals surface area (Å²) in [5.41, 5.74) is 0.898. The van der Waals surface area contributed by atoms with E-state index in [-0.39, 0.29) is 11.1 Å². The summed E-state index contributed by atoms with van der Waals surface area (Å²) in [5.74, 6) is 0.775. The third-order valence-electron chi connectivity index (χ3n) is 3.38. The summed E-state index contributed by atoms with van der Waals surface area (Å²) >= 11 is 4.45. The standard InChI is InChI=1S/C12H18N2O2S/c1-10-6-13-11(15)14(7-10)8-12(9-17)2-4-16-5-3-12/h6-7,17H,2-5,8-9H2,1H3. The number of hydrogen-bond acceptors (Lipinski definition) is 4. The molecule has 2 heterocycles. The van der Waals surface area contributed by atoms with Crippen molar-refractivity contribution in [3.8, 4) is 0 Å². The first-order valence-electron chi connectivity index (χ1n) is 5.87. The van der Waals surface area contributed by atoms with Crippen LogP contribution < -0.4 is 5.69 Å². The smallest absolute Gasteiger partial charge is 0.347 e. The highest BCUT2D eigenvalue weighted by Crippen LogP contribution is 2.33. The van der Waals surface area contributed by atoms with Crippen LogP contribution in [0.3, 0.4) is 0 Å². The summed E-state index contributed by atoms with van der Waals surface area (Å²) < 4.78 is 7.09. The average Bonchev–Trinajstić information content (AvgIpc) is 2.35. The molecule has 1 aromatic heterocycles. The van der Waals surface area contributed by atoms with E-state index in [0.29, 0.717) is 6.54 Å². The van der Waals surface area contributed by atoms with Crippen LogP contribution in [-0.2, 0) is 11.3 Å². The Hall–Kier alpha value is -0.810. The summed E-state index contributed by atoms with van der Waals surface area (Å²) in [4.78, 5) is 15.6. The minimum Gasteiger partial charge on any atom is -0.381 e. The number of rotatable bonds is 3. The Kier molecular flexibility index (Phi) is 3.89. The molecule has 0 saturated carbocycles. The van der Waals surface area contributed by atoms with Gasteiger partial charge in [-0.1, -0.05) is 0 Å². The Bertz CT molecular complexity index is 438. The highest BCUT2D eigenvalue weighted by atomic mass is 32.1. The van der Waals surface area contributed by atoms with Gasteiger partial charge >= 0.3 is 5.69 Å². The fraction of sp³-hybridized carbons (Fsp3) is 0.667. The van der Waals surface area contributed by atoms with E-state index in [1.54, 1.807) is 10.8 Å². The maximum Gasteiger partial charge on any atom is 0.347 e. The largest absolute Gasteiger partial charge is 0.381 e. The van der Waals surface area contributed by atoms with Crippen molar-refractivity contribution in [2.75, 3.05) is 19.0 Å². The molecule has 5 heteroatoms. The average molecular weight is 254 g/mol. The Morgan fingerprint density at radius 1 is 1.53 bits per heavy atom. The van der Waals surface area contributed by atoms with Crippen molar-refractivity contribution in [2.24, 2.45) is 5.41 Å². The van der Waals surface area contributed by atoms with Crippen molar-refractivity contribution in [1.82, 2.24) is 9.55 Å². The molecule has 1 aromatic rings. The lowest BCUT2D eigenvalue weighted by Gasteiger charge is -2.36. The van der Waals surface area contributed by atoms with Gasteiger partial charge in [0.15, 0.2) is 0 Å². The summed E-state index contributed by atoms with van der Waals surface area (Å²) in [6.45, 7) is 4.15. The van der Waals surface area contributed by atoms with Crippen LogP contribution >= 0.6 is 12.6 Å². The van der Waals surface area contributed by atoms with Gasteiger partial charge < -0.3 is 4.74 Å². The molecule has 0 radical (unpaired) electrons. The molecule has 0 amide bonds. The SMILES string of the molecule is Cc1cnc(=O)n(CC2(CS)CCOCC2)c1. The molecule has 1 aliphatic heterocycles. The summed E-state index contributed by atoms with van der Waals surface area (Å²) in [6, 6.07) is 0. The maximum atomic E-state index is 11.7. The Labute approximate surface area is 106 Å². The molecule has 0 aromatic carbocycles. The number of ether oxygens (including phenoxy) is 1. The van der Waals surface area contributed by atoms with Gasteiger partial charge in [0, 0.05) is 37.6 Å². The van der Waals surface area contributed by atoms with Crippen LogP contribution in [0.1, 0.15) is 18.4 Å². The van der Waals surface area contributed by atoms with Gasteiger partial charge in [-0.2, -0.15) is 12.6 Å². The molecule has 1 aliphatic rings. The lowest BCUT2D eigenvalue weighted by atomic mass is 9.82. The van der Waals surface area contributed by atoms with Gasteiger partial charge in [-0.05, 0) is 31.1 Å². The number of thiol groups is 1. The summed E-state index contributed by atoms with van der Waals surface area (Å²) in [6.07, 6.45) is 5.39. The molecule has 1 fully saturated rings. The normalized spacial score (nSPS) is 19.2. The van der Waals surface area contributed by atoms with Crippen LogP contribution in [0.15, 0.2) is 17.2 Å². The van der Waals surface area contributed by atoms with Gasteiger partial charge in [-0.25, -0.2) is 9.78 Å². The van der Waals surface area contributed by atoms with E-state index in [4.69, 9.17) is 4.74 Å². The Morgan fingerprint density at radius 3 is 2.88 bits per heavy atom. The van der Waals surface area contributed by atoms with Crippen LogP contribution in [0.4, 0.5) is 0 Å². The fourth-order valence-electron chi connectivity index (χ4n) is 2.21. The summed E-state index contributed by atoms with van der Waals surface area (Å²) in [7, 11) is 0. The quantitative estimate of drug-likeness (QED) is 0.826. The molecular weight excluding hydrogens is 236 g/mol.